The number of anilines is 2. The number of benzene rings is 1. The van der Waals surface area contributed by atoms with Gasteiger partial charge in [0, 0.05) is 31.0 Å². The first-order valence-electron chi connectivity index (χ1n) is 12.2. The number of methoxy groups -OCH3 is 1. The number of amides is 1. The number of hydrogen-bond donors (Lipinski definition) is 2. The third-order valence-corrected chi connectivity index (χ3v) is 6.77. The zero-order valence-corrected chi connectivity index (χ0v) is 20.9. The summed E-state index contributed by atoms with van der Waals surface area (Å²) in [4.78, 5) is 23.4. The highest BCUT2D eigenvalue weighted by molar-refractivity contribution is 5.80. The number of carbonyl (C=O) groups excluding carboxylic acids is 1. The van der Waals surface area contributed by atoms with Gasteiger partial charge in [-0.25, -0.2) is 14.5 Å². The van der Waals surface area contributed by atoms with Crippen LogP contribution in [-0.4, -0.2) is 64.2 Å². The van der Waals surface area contributed by atoms with Crippen molar-refractivity contribution in [3.8, 4) is 17.0 Å². The topological polar surface area (TPSA) is 96.7 Å². The maximum Gasteiger partial charge on any atom is 0.236 e. The molecule has 1 aliphatic rings. The Kier molecular flexibility index (Phi) is 6.81. The molecule has 0 spiro atoms. The predicted molar refractivity (Wildman–Crippen MR) is 140 cm³/mol. The van der Waals surface area contributed by atoms with Crippen molar-refractivity contribution in [1.29, 1.82) is 0 Å². The minimum atomic E-state index is 0.162. The number of nitrogens with zero attached hydrogens (tertiary/aromatic N) is 5. The van der Waals surface area contributed by atoms with Gasteiger partial charge >= 0.3 is 0 Å². The summed E-state index contributed by atoms with van der Waals surface area (Å²) in [6.07, 6.45) is 7.46. The second-order valence-electron chi connectivity index (χ2n) is 9.08. The summed E-state index contributed by atoms with van der Waals surface area (Å²) in [5.74, 6) is 1.79. The third kappa shape index (κ3) is 4.74. The van der Waals surface area contributed by atoms with E-state index in [9.17, 15) is 4.79 Å². The summed E-state index contributed by atoms with van der Waals surface area (Å²) in [7, 11) is 3.47. The van der Waals surface area contributed by atoms with Crippen LogP contribution in [0, 0.1) is 6.92 Å². The number of carbonyl (C=O) groups is 1. The molecule has 1 fully saturated rings. The lowest BCUT2D eigenvalue weighted by atomic mass is 9.89. The molecular weight excluding hydrogens is 454 g/mol. The molecule has 5 rings (SSSR count). The van der Waals surface area contributed by atoms with Crippen LogP contribution in [-0.2, 0) is 4.79 Å². The number of fused-ring (bicyclic) bond motifs is 1. The molecule has 0 aliphatic carbocycles. The number of likely N-dealkylation sites (tertiary alicyclic amines) is 1. The van der Waals surface area contributed by atoms with Gasteiger partial charge < -0.3 is 20.3 Å². The molecule has 186 valence electrons. The van der Waals surface area contributed by atoms with Crippen LogP contribution in [0.15, 0.2) is 55.0 Å². The van der Waals surface area contributed by atoms with E-state index >= 15 is 0 Å². The minimum Gasteiger partial charge on any atom is -0.495 e. The number of pyridine rings is 1. The highest BCUT2D eigenvalue weighted by atomic mass is 16.5. The number of hydrogen-bond acceptors (Lipinski definition) is 7. The van der Waals surface area contributed by atoms with Gasteiger partial charge in [-0.3, -0.25) is 4.79 Å². The Bertz CT molecular complexity index is 1380. The summed E-state index contributed by atoms with van der Waals surface area (Å²) >= 11 is 0. The van der Waals surface area contributed by atoms with Crippen LogP contribution < -0.4 is 15.4 Å². The largest absolute Gasteiger partial charge is 0.495 e. The number of rotatable bonds is 7. The molecule has 9 nitrogen and oxygen atoms in total. The molecule has 1 aromatic carbocycles. The molecule has 0 bridgehead atoms. The minimum absolute atomic E-state index is 0.162. The van der Waals surface area contributed by atoms with Crippen molar-refractivity contribution in [2.45, 2.75) is 25.7 Å². The van der Waals surface area contributed by atoms with Crippen molar-refractivity contribution in [2.24, 2.45) is 0 Å². The molecule has 1 amide bonds. The van der Waals surface area contributed by atoms with Crippen LogP contribution >= 0.6 is 0 Å². The second kappa shape index (κ2) is 10.3. The number of nitrogens with one attached hydrogen (secondary N) is 2. The Labute approximate surface area is 210 Å². The van der Waals surface area contributed by atoms with Gasteiger partial charge in [-0.2, -0.15) is 5.10 Å². The van der Waals surface area contributed by atoms with E-state index in [0.717, 1.165) is 59.7 Å². The molecule has 0 radical (unpaired) electrons. The molecule has 0 saturated carbocycles. The average Bonchev–Trinajstić information content (AvgIpc) is 3.34. The van der Waals surface area contributed by atoms with Gasteiger partial charge in [0.15, 0.2) is 0 Å². The van der Waals surface area contributed by atoms with E-state index in [2.05, 4.69) is 32.8 Å². The Morgan fingerprint density at radius 1 is 1.17 bits per heavy atom. The van der Waals surface area contributed by atoms with Crippen LogP contribution in [0.4, 0.5) is 11.6 Å². The van der Waals surface area contributed by atoms with E-state index < -0.39 is 0 Å². The zero-order chi connectivity index (χ0) is 25.1. The maximum atomic E-state index is 12.2. The first kappa shape index (κ1) is 23.7. The van der Waals surface area contributed by atoms with Crippen molar-refractivity contribution in [2.75, 3.05) is 39.1 Å². The van der Waals surface area contributed by atoms with Gasteiger partial charge in [-0.1, -0.05) is 12.1 Å². The number of ether oxygens (including phenoxy) is 1. The van der Waals surface area contributed by atoms with E-state index in [1.807, 2.05) is 59.2 Å². The lowest BCUT2D eigenvalue weighted by Crippen LogP contribution is -2.41. The van der Waals surface area contributed by atoms with Gasteiger partial charge in [-0.15, -0.1) is 0 Å². The fourth-order valence-corrected chi connectivity index (χ4v) is 4.80. The van der Waals surface area contributed by atoms with Crippen molar-refractivity contribution < 1.29 is 9.53 Å². The fraction of sp³-hybridized carbons (Fsp3) is 0.333. The van der Waals surface area contributed by atoms with Gasteiger partial charge in [0.25, 0.3) is 0 Å². The fourth-order valence-electron chi connectivity index (χ4n) is 4.80. The van der Waals surface area contributed by atoms with Crippen LogP contribution in [0.2, 0.25) is 0 Å². The van der Waals surface area contributed by atoms with Crippen molar-refractivity contribution in [1.82, 2.24) is 29.8 Å². The summed E-state index contributed by atoms with van der Waals surface area (Å²) in [6, 6.07) is 12.2. The van der Waals surface area contributed by atoms with Gasteiger partial charge in [-0.05, 0) is 68.1 Å². The molecule has 3 aromatic heterocycles. The smallest absolute Gasteiger partial charge is 0.236 e. The number of aryl methyl sites for hydroxylation is 1. The highest BCUT2D eigenvalue weighted by Gasteiger charge is 2.24. The van der Waals surface area contributed by atoms with Crippen molar-refractivity contribution in [3.05, 3.63) is 66.1 Å². The molecule has 2 N–H and O–H groups in total. The maximum absolute atomic E-state index is 12.2. The molecule has 1 saturated heterocycles. The Hall–Kier alpha value is -3.98. The van der Waals surface area contributed by atoms with Gasteiger partial charge in [0.2, 0.25) is 11.9 Å². The van der Waals surface area contributed by atoms with E-state index in [-0.39, 0.29) is 5.91 Å². The standard InChI is InChI=1S/C27H31N7O2/c1-18-15-29-27(32-26(18)21-16-30-34-11-5-4-6-23(21)34)31-22-8-7-20(14-24(22)36-3)19-9-12-33(13-10-19)25(35)17-28-2/h4-8,11,14-16,19,28H,9-10,12-13,17H2,1-3H3,(H,29,31,32). The van der Waals surface area contributed by atoms with Crippen LogP contribution in [0.25, 0.3) is 16.8 Å². The monoisotopic (exact) mass is 485 g/mol. The second-order valence-corrected chi connectivity index (χ2v) is 9.08. The quantitative estimate of drug-likeness (QED) is 0.411. The first-order valence-corrected chi connectivity index (χ1v) is 12.2. The molecule has 4 heterocycles. The average molecular weight is 486 g/mol. The number of likely N-dealkylation sites (N-methyl/N-ethyl adjacent to an activating group) is 1. The Morgan fingerprint density at radius 2 is 2.00 bits per heavy atom. The summed E-state index contributed by atoms with van der Waals surface area (Å²) < 4.78 is 7.56. The van der Waals surface area contributed by atoms with E-state index in [1.54, 1.807) is 14.2 Å². The molecular formula is C27H31N7O2. The third-order valence-electron chi connectivity index (χ3n) is 6.77. The lowest BCUT2D eigenvalue weighted by molar-refractivity contribution is -0.131. The molecule has 36 heavy (non-hydrogen) atoms. The first-order chi connectivity index (χ1) is 17.6. The predicted octanol–water partition coefficient (Wildman–Crippen LogP) is 3.78. The molecule has 4 aromatic rings. The van der Waals surface area contributed by atoms with Crippen LogP contribution in [0.5, 0.6) is 5.75 Å². The molecule has 9 heteroatoms. The van der Waals surface area contributed by atoms with E-state index in [4.69, 9.17) is 9.72 Å². The van der Waals surface area contributed by atoms with Crippen molar-refractivity contribution in [3.63, 3.8) is 0 Å². The van der Waals surface area contributed by atoms with Gasteiger partial charge in [0.1, 0.15) is 5.75 Å². The van der Waals surface area contributed by atoms with Crippen LogP contribution in [0.3, 0.4) is 0 Å². The lowest BCUT2D eigenvalue weighted by Gasteiger charge is -2.32. The summed E-state index contributed by atoms with van der Waals surface area (Å²) in [5, 5.41) is 10.7. The highest BCUT2D eigenvalue weighted by Crippen LogP contribution is 2.35. The van der Waals surface area contributed by atoms with E-state index in [1.165, 1.54) is 5.56 Å². The molecule has 1 aliphatic heterocycles. The summed E-state index contributed by atoms with van der Waals surface area (Å²) in [5.41, 5.74) is 5.78. The SMILES string of the molecule is CNCC(=O)N1CCC(c2ccc(Nc3ncc(C)c(-c4cnn5ccccc45)n3)c(OC)c2)CC1. The molecule has 0 atom stereocenters. The zero-order valence-electron chi connectivity index (χ0n) is 20.9. The van der Waals surface area contributed by atoms with Crippen LogP contribution in [0.1, 0.15) is 29.9 Å². The molecule has 0 unspecified atom stereocenters. The Balaban J connectivity index is 1.34. The van der Waals surface area contributed by atoms with E-state index in [0.29, 0.717) is 18.4 Å². The Morgan fingerprint density at radius 3 is 2.78 bits per heavy atom. The number of aromatic nitrogens is 4. The van der Waals surface area contributed by atoms with Crippen molar-refractivity contribution >= 4 is 23.1 Å². The number of piperidine rings is 1. The van der Waals surface area contributed by atoms with Gasteiger partial charge in [0.05, 0.1) is 36.7 Å². The summed E-state index contributed by atoms with van der Waals surface area (Å²) in [6.45, 7) is 3.94. The normalized spacial score (nSPS) is 14.2.